The summed E-state index contributed by atoms with van der Waals surface area (Å²) in [6.45, 7) is 13.0. The second-order valence-corrected chi connectivity index (χ2v) is 7.85. The van der Waals surface area contributed by atoms with E-state index in [-0.39, 0.29) is 12.5 Å². The molecule has 0 spiro atoms. The van der Waals surface area contributed by atoms with Gasteiger partial charge in [0.05, 0.1) is 0 Å². The standard InChI is InChI=1S/C18H36N2O4/c1-14(2)9-12-23-15(3)17(22)20(11-10-19(7)8)13-16(21)24-18(4,5)6/h14-15H,9-13H2,1-8H3. The van der Waals surface area contributed by atoms with Gasteiger partial charge in [-0.15, -0.1) is 0 Å². The zero-order chi connectivity index (χ0) is 18.9. The van der Waals surface area contributed by atoms with Gasteiger partial charge in [-0.25, -0.2) is 0 Å². The summed E-state index contributed by atoms with van der Waals surface area (Å²) in [6.07, 6.45) is 0.342. The highest BCUT2D eigenvalue weighted by atomic mass is 16.6. The fraction of sp³-hybridized carbons (Fsp3) is 0.889. The molecule has 0 radical (unpaired) electrons. The van der Waals surface area contributed by atoms with E-state index in [0.717, 1.165) is 6.42 Å². The van der Waals surface area contributed by atoms with Crippen LogP contribution in [0.25, 0.3) is 0 Å². The van der Waals surface area contributed by atoms with Crippen LogP contribution in [-0.2, 0) is 19.1 Å². The fourth-order valence-electron chi connectivity index (χ4n) is 1.93. The first-order valence-electron chi connectivity index (χ1n) is 8.69. The van der Waals surface area contributed by atoms with Crippen LogP contribution in [0, 0.1) is 5.92 Å². The van der Waals surface area contributed by atoms with Crippen molar-refractivity contribution < 1.29 is 19.1 Å². The van der Waals surface area contributed by atoms with Crippen LogP contribution in [0.2, 0.25) is 0 Å². The molecule has 1 amide bonds. The van der Waals surface area contributed by atoms with Gasteiger partial charge < -0.3 is 19.3 Å². The third kappa shape index (κ3) is 11.4. The molecular weight excluding hydrogens is 308 g/mol. The summed E-state index contributed by atoms with van der Waals surface area (Å²) in [7, 11) is 3.86. The molecule has 0 aliphatic carbocycles. The molecule has 0 aromatic carbocycles. The van der Waals surface area contributed by atoms with Crippen LogP contribution >= 0.6 is 0 Å². The summed E-state index contributed by atoms with van der Waals surface area (Å²) in [4.78, 5) is 28.2. The lowest BCUT2D eigenvalue weighted by molar-refractivity contribution is -0.161. The number of nitrogens with zero attached hydrogens (tertiary/aromatic N) is 2. The summed E-state index contributed by atoms with van der Waals surface area (Å²) in [5.41, 5.74) is -0.563. The SMILES string of the molecule is CC(C)CCOC(C)C(=O)N(CCN(C)C)CC(=O)OC(C)(C)C. The molecule has 1 unspecified atom stereocenters. The minimum atomic E-state index is -0.563. The van der Waals surface area contributed by atoms with Gasteiger partial charge in [0.15, 0.2) is 0 Å². The zero-order valence-corrected chi connectivity index (χ0v) is 16.7. The number of amides is 1. The van der Waals surface area contributed by atoms with Crippen molar-refractivity contribution in [2.45, 2.75) is 59.7 Å². The second-order valence-electron chi connectivity index (χ2n) is 7.85. The van der Waals surface area contributed by atoms with E-state index in [1.54, 1.807) is 6.92 Å². The summed E-state index contributed by atoms with van der Waals surface area (Å²) in [6, 6.07) is 0. The molecule has 6 nitrogen and oxygen atoms in total. The quantitative estimate of drug-likeness (QED) is 0.569. The maximum absolute atomic E-state index is 12.6. The Morgan fingerprint density at radius 1 is 1.04 bits per heavy atom. The van der Waals surface area contributed by atoms with Crippen LogP contribution in [0.4, 0.5) is 0 Å². The van der Waals surface area contributed by atoms with E-state index in [4.69, 9.17) is 9.47 Å². The molecule has 0 aromatic heterocycles. The average Bonchev–Trinajstić information content (AvgIpc) is 2.39. The van der Waals surface area contributed by atoms with Gasteiger partial charge in [0, 0.05) is 19.7 Å². The van der Waals surface area contributed by atoms with Crippen molar-refractivity contribution in [3.63, 3.8) is 0 Å². The third-order valence-corrected chi connectivity index (χ3v) is 3.28. The topological polar surface area (TPSA) is 59.1 Å². The van der Waals surface area contributed by atoms with Gasteiger partial charge in [0.1, 0.15) is 18.2 Å². The predicted molar refractivity (Wildman–Crippen MR) is 95.8 cm³/mol. The minimum absolute atomic E-state index is 0.0537. The van der Waals surface area contributed by atoms with Gasteiger partial charge in [-0.1, -0.05) is 13.8 Å². The summed E-state index contributed by atoms with van der Waals surface area (Å²) >= 11 is 0. The highest BCUT2D eigenvalue weighted by Gasteiger charge is 2.25. The van der Waals surface area contributed by atoms with Gasteiger partial charge in [-0.3, -0.25) is 9.59 Å². The van der Waals surface area contributed by atoms with Gasteiger partial charge in [-0.2, -0.15) is 0 Å². The Morgan fingerprint density at radius 2 is 1.62 bits per heavy atom. The Balaban J connectivity index is 4.72. The number of rotatable bonds is 10. The van der Waals surface area contributed by atoms with Gasteiger partial charge in [0.2, 0.25) is 0 Å². The number of hydrogen-bond acceptors (Lipinski definition) is 5. The molecule has 0 heterocycles. The van der Waals surface area contributed by atoms with E-state index >= 15 is 0 Å². The van der Waals surface area contributed by atoms with E-state index in [2.05, 4.69) is 13.8 Å². The van der Waals surface area contributed by atoms with Crippen molar-refractivity contribution >= 4 is 11.9 Å². The van der Waals surface area contributed by atoms with Crippen molar-refractivity contribution in [1.29, 1.82) is 0 Å². The molecule has 6 heteroatoms. The second kappa shape index (κ2) is 10.7. The molecule has 0 fully saturated rings. The van der Waals surface area contributed by atoms with Crippen LogP contribution in [0.15, 0.2) is 0 Å². The maximum atomic E-state index is 12.6. The molecule has 0 rings (SSSR count). The minimum Gasteiger partial charge on any atom is -0.459 e. The van der Waals surface area contributed by atoms with Crippen molar-refractivity contribution in [3.8, 4) is 0 Å². The van der Waals surface area contributed by atoms with Crippen LogP contribution in [0.5, 0.6) is 0 Å². The highest BCUT2D eigenvalue weighted by Crippen LogP contribution is 2.09. The number of likely N-dealkylation sites (N-methyl/N-ethyl adjacent to an activating group) is 1. The van der Waals surface area contributed by atoms with E-state index in [1.807, 2.05) is 39.8 Å². The maximum Gasteiger partial charge on any atom is 0.326 e. The molecule has 24 heavy (non-hydrogen) atoms. The molecule has 0 aromatic rings. The van der Waals surface area contributed by atoms with Gasteiger partial charge >= 0.3 is 5.97 Å². The Kier molecular flexibility index (Phi) is 10.2. The van der Waals surface area contributed by atoms with Crippen LogP contribution in [-0.4, -0.2) is 73.7 Å². The Bertz CT molecular complexity index is 389. The fourth-order valence-corrected chi connectivity index (χ4v) is 1.93. The molecule has 0 saturated carbocycles. The Morgan fingerprint density at radius 3 is 2.08 bits per heavy atom. The first-order chi connectivity index (χ1) is 10.9. The molecule has 0 aliphatic rings. The van der Waals surface area contributed by atoms with Crippen LogP contribution in [0.3, 0.4) is 0 Å². The summed E-state index contributed by atoms with van der Waals surface area (Å²) in [5, 5.41) is 0. The zero-order valence-electron chi connectivity index (χ0n) is 16.7. The first kappa shape index (κ1) is 22.9. The largest absolute Gasteiger partial charge is 0.459 e. The van der Waals surface area contributed by atoms with E-state index < -0.39 is 17.7 Å². The molecule has 1 atom stereocenters. The lowest BCUT2D eigenvalue weighted by atomic mass is 10.1. The molecule has 0 aliphatic heterocycles. The number of carbonyl (C=O) groups is 2. The van der Waals surface area contributed by atoms with Gasteiger partial charge in [0.25, 0.3) is 5.91 Å². The normalized spacial score (nSPS) is 13.2. The number of esters is 1. The molecule has 0 bridgehead atoms. The summed E-state index contributed by atoms with van der Waals surface area (Å²) in [5.74, 6) is -0.0469. The first-order valence-corrected chi connectivity index (χ1v) is 8.69. The number of hydrogen-bond donors (Lipinski definition) is 0. The lowest BCUT2D eigenvalue weighted by Gasteiger charge is -2.28. The monoisotopic (exact) mass is 344 g/mol. The van der Waals surface area contributed by atoms with E-state index in [9.17, 15) is 9.59 Å². The van der Waals surface area contributed by atoms with Crippen molar-refractivity contribution in [3.05, 3.63) is 0 Å². The highest BCUT2D eigenvalue weighted by molar-refractivity contribution is 5.85. The van der Waals surface area contributed by atoms with E-state index in [0.29, 0.717) is 25.6 Å². The van der Waals surface area contributed by atoms with E-state index in [1.165, 1.54) is 4.90 Å². The third-order valence-electron chi connectivity index (χ3n) is 3.28. The molecule has 0 saturated heterocycles. The smallest absolute Gasteiger partial charge is 0.326 e. The molecule has 0 N–H and O–H groups in total. The van der Waals surface area contributed by atoms with Crippen molar-refractivity contribution in [2.24, 2.45) is 5.92 Å². The number of ether oxygens (including phenoxy) is 2. The molecule has 142 valence electrons. The Hall–Kier alpha value is -1.14. The van der Waals surface area contributed by atoms with Crippen LogP contribution < -0.4 is 0 Å². The average molecular weight is 344 g/mol. The predicted octanol–water partition coefficient (Wildman–Crippen LogP) is 2.17. The lowest BCUT2D eigenvalue weighted by Crippen LogP contribution is -2.46. The van der Waals surface area contributed by atoms with Crippen LogP contribution in [0.1, 0.15) is 48.0 Å². The summed E-state index contributed by atoms with van der Waals surface area (Å²) < 4.78 is 11.0. The molecular formula is C18H36N2O4. The van der Waals surface area contributed by atoms with Gasteiger partial charge in [-0.05, 0) is 54.1 Å². The Labute approximate surface area is 147 Å². The van der Waals surface area contributed by atoms with Crippen molar-refractivity contribution in [1.82, 2.24) is 9.80 Å². The number of carbonyl (C=O) groups excluding carboxylic acids is 2. The van der Waals surface area contributed by atoms with Crippen molar-refractivity contribution in [2.75, 3.05) is 40.3 Å².